The lowest BCUT2D eigenvalue weighted by Gasteiger charge is -2.22. The summed E-state index contributed by atoms with van der Waals surface area (Å²) in [7, 11) is 0. The molecule has 0 N–H and O–H groups in total. The Bertz CT molecular complexity index is 615. The number of nitrogens with zero attached hydrogens (tertiary/aromatic N) is 2. The molecule has 1 heterocycles. The van der Waals surface area contributed by atoms with Crippen molar-refractivity contribution in [2.24, 2.45) is 5.92 Å². The summed E-state index contributed by atoms with van der Waals surface area (Å²) in [5.74, 6) is 1.68. The van der Waals surface area contributed by atoms with Crippen LogP contribution in [0.25, 0.3) is 0 Å². The van der Waals surface area contributed by atoms with Crippen LogP contribution >= 0.6 is 0 Å². The molecule has 1 saturated carbocycles. The van der Waals surface area contributed by atoms with E-state index >= 15 is 0 Å². The van der Waals surface area contributed by atoms with Gasteiger partial charge in [0.2, 0.25) is 5.91 Å². The highest BCUT2D eigenvalue weighted by Crippen LogP contribution is 2.31. The van der Waals surface area contributed by atoms with Gasteiger partial charge in [-0.3, -0.25) is 9.59 Å². The van der Waals surface area contributed by atoms with Gasteiger partial charge in [-0.05, 0) is 38.3 Å². The molecule has 3 rings (SSSR count). The van der Waals surface area contributed by atoms with Crippen LogP contribution in [0.5, 0.6) is 11.5 Å². The highest BCUT2D eigenvalue weighted by molar-refractivity contribution is 5.81. The highest BCUT2D eigenvalue weighted by atomic mass is 16.5. The third-order valence-corrected chi connectivity index (χ3v) is 4.59. The number of ether oxygens (including phenoxy) is 2. The Morgan fingerprint density at radius 2 is 1.64 bits per heavy atom. The largest absolute Gasteiger partial charge is 0.490 e. The first-order chi connectivity index (χ1) is 12.2. The van der Waals surface area contributed by atoms with E-state index in [0.717, 1.165) is 25.8 Å². The Kier molecular flexibility index (Phi) is 5.79. The van der Waals surface area contributed by atoms with Crippen molar-refractivity contribution in [2.45, 2.75) is 26.2 Å². The minimum atomic E-state index is -0.0491. The topological polar surface area (TPSA) is 59.1 Å². The van der Waals surface area contributed by atoms with Gasteiger partial charge >= 0.3 is 0 Å². The predicted molar refractivity (Wildman–Crippen MR) is 93.6 cm³/mol. The minimum Gasteiger partial charge on any atom is -0.490 e. The zero-order valence-corrected chi connectivity index (χ0v) is 14.8. The number of benzene rings is 1. The lowest BCUT2D eigenvalue weighted by Crippen LogP contribution is -2.39. The molecule has 0 atom stereocenters. The average molecular weight is 346 g/mol. The molecule has 6 nitrogen and oxygen atoms in total. The molecule has 0 unspecified atom stereocenters. The molecule has 1 aromatic rings. The molecule has 0 spiro atoms. The van der Waals surface area contributed by atoms with Crippen molar-refractivity contribution in [1.29, 1.82) is 0 Å². The van der Waals surface area contributed by atoms with Crippen molar-refractivity contribution in [3.05, 3.63) is 24.3 Å². The second kappa shape index (κ2) is 8.23. The standard InChI is InChI=1S/C19H26N2O4/c1-2-24-16-6-3-4-7-17(16)25-14-18(22)20-10-5-11-21(13-12-20)19(23)15-8-9-15/h3-4,6-7,15H,2,5,8-14H2,1H3. The SMILES string of the molecule is CCOc1ccccc1OCC(=O)N1CCCN(C(=O)C2CC2)CC1. The Morgan fingerprint density at radius 1 is 1.00 bits per heavy atom. The van der Waals surface area contributed by atoms with Crippen LogP contribution in [0.3, 0.4) is 0 Å². The van der Waals surface area contributed by atoms with E-state index in [1.165, 1.54) is 0 Å². The van der Waals surface area contributed by atoms with Crippen LogP contribution in [-0.4, -0.2) is 61.0 Å². The molecule has 2 fully saturated rings. The van der Waals surface area contributed by atoms with Gasteiger partial charge < -0.3 is 19.3 Å². The summed E-state index contributed by atoms with van der Waals surface area (Å²) in [6, 6.07) is 7.36. The normalized spacial score (nSPS) is 17.8. The highest BCUT2D eigenvalue weighted by Gasteiger charge is 2.34. The van der Waals surface area contributed by atoms with Gasteiger partial charge in [-0.1, -0.05) is 12.1 Å². The number of amides is 2. The van der Waals surface area contributed by atoms with Crippen LogP contribution in [0.15, 0.2) is 24.3 Å². The van der Waals surface area contributed by atoms with E-state index in [0.29, 0.717) is 37.7 Å². The van der Waals surface area contributed by atoms with Crippen LogP contribution in [0, 0.1) is 5.92 Å². The first kappa shape index (κ1) is 17.6. The fraction of sp³-hybridized carbons (Fsp3) is 0.579. The zero-order valence-electron chi connectivity index (χ0n) is 14.8. The van der Waals surface area contributed by atoms with E-state index in [9.17, 15) is 9.59 Å². The fourth-order valence-electron chi connectivity index (χ4n) is 3.05. The van der Waals surface area contributed by atoms with Crippen LogP contribution in [0.4, 0.5) is 0 Å². The molecular formula is C19H26N2O4. The third kappa shape index (κ3) is 4.65. The first-order valence-electron chi connectivity index (χ1n) is 9.10. The van der Waals surface area contributed by atoms with E-state index in [1.54, 1.807) is 11.0 Å². The van der Waals surface area contributed by atoms with Crippen molar-refractivity contribution in [3.8, 4) is 11.5 Å². The average Bonchev–Trinajstić information content (AvgIpc) is 3.47. The molecule has 1 aliphatic heterocycles. The smallest absolute Gasteiger partial charge is 0.260 e. The molecule has 0 aromatic heterocycles. The van der Waals surface area contributed by atoms with Crippen LogP contribution in [0.1, 0.15) is 26.2 Å². The van der Waals surface area contributed by atoms with Crippen molar-refractivity contribution in [1.82, 2.24) is 9.80 Å². The summed E-state index contributed by atoms with van der Waals surface area (Å²) >= 11 is 0. The molecule has 1 saturated heterocycles. The number of rotatable bonds is 6. The van der Waals surface area contributed by atoms with Crippen molar-refractivity contribution < 1.29 is 19.1 Å². The Balaban J connectivity index is 1.50. The number of para-hydroxylation sites is 2. The quantitative estimate of drug-likeness (QED) is 0.790. The molecule has 2 amide bonds. The summed E-state index contributed by atoms with van der Waals surface area (Å²) in [6.45, 7) is 5.06. The van der Waals surface area contributed by atoms with Gasteiger partial charge in [0.25, 0.3) is 5.91 Å². The molecule has 136 valence electrons. The predicted octanol–water partition coefficient (Wildman–Crippen LogP) is 1.93. The van der Waals surface area contributed by atoms with Crippen LogP contribution < -0.4 is 9.47 Å². The van der Waals surface area contributed by atoms with Crippen molar-refractivity contribution in [2.75, 3.05) is 39.4 Å². The molecule has 6 heteroatoms. The van der Waals surface area contributed by atoms with Gasteiger partial charge in [0.15, 0.2) is 18.1 Å². The molecule has 0 radical (unpaired) electrons. The summed E-state index contributed by atoms with van der Waals surface area (Å²) < 4.78 is 11.2. The summed E-state index contributed by atoms with van der Waals surface area (Å²) in [5, 5.41) is 0. The Labute approximate surface area is 148 Å². The van der Waals surface area contributed by atoms with Crippen LogP contribution in [-0.2, 0) is 9.59 Å². The monoisotopic (exact) mass is 346 g/mol. The van der Waals surface area contributed by atoms with Crippen molar-refractivity contribution in [3.63, 3.8) is 0 Å². The summed E-state index contributed by atoms with van der Waals surface area (Å²) in [5.41, 5.74) is 0. The number of hydrogen-bond acceptors (Lipinski definition) is 4. The number of hydrogen-bond donors (Lipinski definition) is 0. The third-order valence-electron chi connectivity index (χ3n) is 4.59. The molecule has 1 aliphatic carbocycles. The lowest BCUT2D eigenvalue weighted by atomic mass is 10.3. The molecule has 1 aromatic carbocycles. The van der Waals surface area contributed by atoms with Crippen LogP contribution in [0.2, 0.25) is 0 Å². The molecule has 0 bridgehead atoms. The summed E-state index contributed by atoms with van der Waals surface area (Å²) in [4.78, 5) is 28.4. The van der Waals surface area contributed by atoms with Gasteiger partial charge in [-0.2, -0.15) is 0 Å². The second-order valence-corrected chi connectivity index (χ2v) is 6.50. The van der Waals surface area contributed by atoms with E-state index in [2.05, 4.69) is 0 Å². The zero-order chi connectivity index (χ0) is 17.6. The fourth-order valence-corrected chi connectivity index (χ4v) is 3.05. The van der Waals surface area contributed by atoms with Gasteiger partial charge in [-0.15, -0.1) is 0 Å². The lowest BCUT2D eigenvalue weighted by molar-refractivity contribution is -0.135. The minimum absolute atomic E-state index is 0.0132. The first-order valence-corrected chi connectivity index (χ1v) is 9.10. The van der Waals surface area contributed by atoms with Gasteiger partial charge in [0.05, 0.1) is 6.61 Å². The molecule has 2 aliphatic rings. The maximum absolute atomic E-state index is 12.5. The van der Waals surface area contributed by atoms with E-state index < -0.39 is 0 Å². The maximum Gasteiger partial charge on any atom is 0.260 e. The Morgan fingerprint density at radius 3 is 2.32 bits per heavy atom. The van der Waals surface area contributed by atoms with E-state index in [1.807, 2.05) is 30.0 Å². The number of carbonyl (C=O) groups is 2. The number of carbonyl (C=O) groups excluding carboxylic acids is 2. The second-order valence-electron chi connectivity index (χ2n) is 6.50. The molecular weight excluding hydrogens is 320 g/mol. The van der Waals surface area contributed by atoms with Crippen molar-refractivity contribution >= 4 is 11.8 Å². The Hall–Kier alpha value is -2.24. The maximum atomic E-state index is 12.5. The summed E-state index contributed by atoms with van der Waals surface area (Å²) in [6.07, 6.45) is 2.86. The van der Waals surface area contributed by atoms with Gasteiger partial charge in [-0.25, -0.2) is 0 Å². The van der Waals surface area contributed by atoms with E-state index in [4.69, 9.17) is 9.47 Å². The van der Waals surface area contributed by atoms with E-state index in [-0.39, 0.29) is 24.3 Å². The molecule has 25 heavy (non-hydrogen) atoms. The van der Waals surface area contributed by atoms with Gasteiger partial charge in [0.1, 0.15) is 0 Å². The van der Waals surface area contributed by atoms with Gasteiger partial charge in [0, 0.05) is 32.1 Å².